The van der Waals surface area contributed by atoms with Crippen molar-refractivity contribution in [2.75, 3.05) is 7.11 Å². The minimum atomic E-state index is -0.329. The molecule has 0 saturated carbocycles. The number of ether oxygens (including phenoxy) is 1. The molecule has 0 unspecified atom stereocenters. The molecule has 0 aliphatic rings. The second-order valence-corrected chi connectivity index (χ2v) is 4.29. The van der Waals surface area contributed by atoms with E-state index in [4.69, 9.17) is 0 Å². The molecular formula is C17H16O2. The zero-order valence-electron chi connectivity index (χ0n) is 11.1. The molecule has 0 aliphatic carbocycles. The summed E-state index contributed by atoms with van der Waals surface area (Å²) in [5.74, 6) is -0.329. The first-order valence-corrected chi connectivity index (χ1v) is 6.13. The quantitative estimate of drug-likeness (QED) is 0.611. The number of rotatable bonds is 3. The van der Waals surface area contributed by atoms with E-state index in [1.54, 1.807) is 0 Å². The van der Waals surface area contributed by atoms with Crippen LogP contribution in [-0.2, 0) is 9.53 Å². The van der Waals surface area contributed by atoms with E-state index in [1.807, 2.05) is 37.3 Å². The number of carbonyl (C=O) groups excluding carboxylic acids is 1. The van der Waals surface area contributed by atoms with Gasteiger partial charge in [-0.3, -0.25) is 0 Å². The lowest BCUT2D eigenvalue weighted by atomic mass is 10.0. The van der Waals surface area contributed by atoms with Gasteiger partial charge in [-0.1, -0.05) is 54.6 Å². The van der Waals surface area contributed by atoms with Crippen LogP contribution in [-0.4, -0.2) is 13.1 Å². The Hall–Kier alpha value is -2.35. The van der Waals surface area contributed by atoms with Crippen molar-refractivity contribution in [1.29, 1.82) is 0 Å². The summed E-state index contributed by atoms with van der Waals surface area (Å²) in [4.78, 5) is 11.2. The van der Waals surface area contributed by atoms with Crippen molar-refractivity contribution in [2.24, 2.45) is 0 Å². The van der Waals surface area contributed by atoms with E-state index >= 15 is 0 Å². The Bertz CT molecular complexity index is 580. The number of hydrogen-bond donors (Lipinski definition) is 0. The van der Waals surface area contributed by atoms with Crippen molar-refractivity contribution in [1.82, 2.24) is 0 Å². The fourth-order valence-electron chi connectivity index (χ4n) is 1.88. The van der Waals surface area contributed by atoms with Crippen LogP contribution in [0.4, 0.5) is 0 Å². The summed E-state index contributed by atoms with van der Waals surface area (Å²) in [6.07, 6.45) is 1.50. The monoisotopic (exact) mass is 252 g/mol. The molecule has 0 N–H and O–H groups in total. The van der Waals surface area contributed by atoms with Crippen LogP contribution in [0.25, 0.3) is 16.7 Å². The lowest BCUT2D eigenvalue weighted by Crippen LogP contribution is -1.95. The molecule has 2 rings (SSSR count). The summed E-state index contributed by atoms with van der Waals surface area (Å²) in [7, 11) is 1.38. The molecule has 0 fully saturated rings. The van der Waals surface area contributed by atoms with E-state index < -0.39 is 0 Å². The first kappa shape index (κ1) is 13.1. The highest BCUT2D eigenvalue weighted by molar-refractivity contribution is 5.90. The van der Waals surface area contributed by atoms with Crippen LogP contribution >= 0.6 is 0 Å². The van der Waals surface area contributed by atoms with Gasteiger partial charge in [-0.05, 0) is 29.2 Å². The summed E-state index contributed by atoms with van der Waals surface area (Å²) >= 11 is 0. The molecule has 2 aromatic rings. The summed E-state index contributed by atoms with van der Waals surface area (Å²) in [5, 5.41) is 0. The Kier molecular flexibility index (Phi) is 4.14. The fourth-order valence-corrected chi connectivity index (χ4v) is 1.88. The Morgan fingerprint density at radius 1 is 0.947 bits per heavy atom. The number of allylic oxidation sites excluding steroid dienone is 1. The average Bonchev–Trinajstić information content (AvgIpc) is 2.48. The Morgan fingerprint density at radius 3 is 2.11 bits per heavy atom. The van der Waals surface area contributed by atoms with Crippen molar-refractivity contribution < 1.29 is 9.53 Å². The zero-order chi connectivity index (χ0) is 13.7. The van der Waals surface area contributed by atoms with E-state index in [9.17, 15) is 4.79 Å². The Morgan fingerprint density at radius 2 is 1.53 bits per heavy atom. The highest BCUT2D eigenvalue weighted by Gasteiger charge is 2.01. The smallest absolute Gasteiger partial charge is 0.330 e. The van der Waals surface area contributed by atoms with Gasteiger partial charge in [0.2, 0.25) is 0 Å². The molecule has 0 aliphatic heterocycles. The van der Waals surface area contributed by atoms with Gasteiger partial charge < -0.3 is 4.74 Å². The third-order valence-electron chi connectivity index (χ3n) is 2.98. The molecular weight excluding hydrogens is 236 g/mol. The zero-order valence-corrected chi connectivity index (χ0v) is 11.1. The van der Waals surface area contributed by atoms with Gasteiger partial charge in [0.15, 0.2) is 0 Å². The summed E-state index contributed by atoms with van der Waals surface area (Å²) in [6.45, 7) is 1.90. The van der Waals surface area contributed by atoms with Crippen LogP contribution in [0, 0.1) is 0 Å². The fraction of sp³-hybridized carbons (Fsp3) is 0.118. The molecule has 0 amide bonds. The van der Waals surface area contributed by atoms with Crippen molar-refractivity contribution in [3.05, 3.63) is 66.2 Å². The Labute approximate surface area is 113 Å². The summed E-state index contributed by atoms with van der Waals surface area (Å²) < 4.78 is 4.62. The van der Waals surface area contributed by atoms with Crippen molar-refractivity contribution >= 4 is 11.5 Å². The van der Waals surface area contributed by atoms with Gasteiger partial charge in [-0.25, -0.2) is 4.79 Å². The van der Waals surface area contributed by atoms with Crippen LogP contribution in [0.2, 0.25) is 0 Å². The SMILES string of the molecule is COC(=O)C=C(C)c1ccc(-c2ccccc2)cc1. The van der Waals surface area contributed by atoms with Crippen LogP contribution < -0.4 is 0 Å². The second-order valence-electron chi connectivity index (χ2n) is 4.29. The lowest BCUT2D eigenvalue weighted by molar-refractivity contribution is -0.134. The van der Waals surface area contributed by atoms with Gasteiger partial charge in [-0.2, -0.15) is 0 Å². The molecule has 0 atom stereocenters. The van der Waals surface area contributed by atoms with Crippen molar-refractivity contribution in [3.63, 3.8) is 0 Å². The van der Waals surface area contributed by atoms with Gasteiger partial charge in [0.1, 0.15) is 0 Å². The molecule has 2 aromatic carbocycles. The summed E-state index contributed by atoms with van der Waals surface area (Å²) in [5.41, 5.74) is 4.26. The maximum Gasteiger partial charge on any atom is 0.330 e. The van der Waals surface area contributed by atoms with Gasteiger partial charge in [0.25, 0.3) is 0 Å². The van der Waals surface area contributed by atoms with Crippen LogP contribution in [0.5, 0.6) is 0 Å². The van der Waals surface area contributed by atoms with E-state index in [1.165, 1.54) is 18.7 Å². The maximum atomic E-state index is 11.2. The van der Waals surface area contributed by atoms with Crippen LogP contribution in [0.3, 0.4) is 0 Å². The molecule has 0 saturated heterocycles. The first-order valence-electron chi connectivity index (χ1n) is 6.13. The minimum absolute atomic E-state index is 0.329. The average molecular weight is 252 g/mol. The minimum Gasteiger partial charge on any atom is -0.466 e. The molecule has 0 heterocycles. The van der Waals surface area contributed by atoms with Gasteiger partial charge in [0.05, 0.1) is 7.11 Å². The second kappa shape index (κ2) is 6.01. The molecule has 96 valence electrons. The van der Waals surface area contributed by atoms with E-state index in [2.05, 4.69) is 29.0 Å². The number of benzene rings is 2. The largest absolute Gasteiger partial charge is 0.466 e. The predicted octanol–water partition coefficient (Wildman–Crippen LogP) is 3.93. The predicted molar refractivity (Wildman–Crippen MR) is 77.5 cm³/mol. The molecule has 0 spiro atoms. The normalized spacial score (nSPS) is 11.2. The third kappa shape index (κ3) is 3.32. The van der Waals surface area contributed by atoms with Gasteiger partial charge in [0, 0.05) is 6.08 Å². The summed E-state index contributed by atoms with van der Waals surface area (Å²) in [6, 6.07) is 18.3. The maximum absolute atomic E-state index is 11.2. The number of carbonyl (C=O) groups is 1. The molecule has 0 aromatic heterocycles. The van der Waals surface area contributed by atoms with Gasteiger partial charge in [-0.15, -0.1) is 0 Å². The molecule has 0 radical (unpaired) electrons. The van der Waals surface area contributed by atoms with Crippen LogP contribution in [0.15, 0.2) is 60.7 Å². The standard InChI is InChI=1S/C17H16O2/c1-13(12-17(18)19-2)14-8-10-16(11-9-14)15-6-4-3-5-7-15/h3-12H,1-2H3. The van der Waals surface area contributed by atoms with Crippen molar-refractivity contribution in [3.8, 4) is 11.1 Å². The number of hydrogen-bond acceptors (Lipinski definition) is 2. The van der Waals surface area contributed by atoms with Gasteiger partial charge >= 0.3 is 5.97 Å². The van der Waals surface area contributed by atoms with E-state index in [-0.39, 0.29) is 5.97 Å². The molecule has 19 heavy (non-hydrogen) atoms. The first-order chi connectivity index (χ1) is 9.20. The highest BCUT2D eigenvalue weighted by atomic mass is 16.5. The Balaban J connectivity index is 2.24. The lowest BCUT2D eigenvalue weighted by Gasteiger charge is -2.05. The van der Waals surface area contributed by atoms with E-state index in [0.29, 0.717) is 0 Å². The highest BCUT2D eigenvalue weighted by Crippen LogP contribution is 2.22. The third-order valence-corrected chi connectivity index (χ3v) is 2.98. The molecule has 2 heteroatoms. The number of methoxy groups -OCH3 is 1. The van der Waals surface area contributed by atoms with Crippen molar-refractivity contribution in [2.45, 2.75) is 6.92 Å². The number of esters is 1. The molecule has 2 nitrogen and oxygen atoms in total. The molecule has 0 bridgehead atoms. The van der Waals surface area contributed by atoms with E-state index in [0.717, 1.165) is 16.7 Å². The van der Waals surface area contributed by atoms with Crippen LogP contribution in [0.1, 0.15) is 12.5 Å². The topological polar surface area (TPSA) is 26.3 Å².